The Morgan fingerprint density at radius 1 is 0.577 bits per heavy atom. The van der Waals surface area contributed by atoms with Crippen molar-refractivity contribution in [1.82, 2.24) is 4.57 Å². The van der Waals surface area contributed by atoms with Crippen LogP contribution in [0.2, 0.25) is 0 Å². The minimum absolute atomic E-state index is 0.423. The minimum Gasteiger partial charge on any atom is -0.455 e. The van der Waals surface area contributed by atoms with Crippen LogP contribution < -0.4 is 10.5 Å². The summed E-state index contributed by atoms with van der Waals surface area (Å²) in [5.41, 5.74) is 16.9. The standard InChI is InChI=1S/C47H34N4O/c48-46(35-16-5-2-6-17-35)50-47(49-31-32-13-3-1-4-14-32)38-20-11-18-36(29-38)37-19-12-21-39(30-37)51-41-23-9-8-22-40(41)44-42(51)28-27-34-26-25-33-15-7-10-24-43(33)52-45(34)44/h1-30H,31H2,(H2,48,49,50). The van der Waals surface area contributed by atoms with Crippen molar-refractivity contribution in [1.29, 1.82) is 0 Å². The van der Waals surface area contributed by atoms with Gasteiger partial charge in [0.1, 0.15) is 17.3 Å². The first-order valence-electron chi connectivity index (χ1n) is 17.4. The van der Waals surface area contributed by atoms with Crippen molar-refractivity contribution in [2.24, 2.45) is 15.7 Å². The van der Waals surface area contributed by atoms with Crippen LogP contribution in [0.4, 0.5) is 0 Å². The molecule has 5 heteroatoms. The van der Waals surface area contributed by atoms with Crippen LogP contribution in [0.25, 0.3) is 50.8 Å². The molecule has 1 aliphatic heterocycles. The molecule has 1 aromatic heterocycles. The number of rotatable bonds is 6. The smallest absolute Gasteiger partial charge is 0.157 e. The predicted octanol–water partition coefficient (Wildman–Crippen LogP) is 11.1. The maximum atomic E-state index is 6.70. The summed E-state index contributed by atoms with van der Waals surface area (Å²) < 4.78 is 9.03. The van der Waals surface area contributed by atoms with Crippen LogP contribution in [0.1, 0.15) is 27.8 Å². The van der Waals surface area contributed by atoms with Gasteiger partial charge in [-0.05, 0) is 59.2 Å². The summed E-state index contributed by atoms with van der Waals surface area (Å²) in [6.45, 7) is 0.490. The number of nitrogens with two attached hydrogens (primary N) is 1. The second-order valence-corrected chi connectivity index (χ2v) is 12.8. The van der Waals surface area contributed by atoms with Crippen molar-refractivity contribution in [3.8, 4) is 28.3 Å². The second-order valence-electron chi connectivity index (χ2n) is 12.8. The lowest BCUT2D eigenvalue weighted by Gasteiger charge is -2.13. The first-order valence-corrected chi connectivity index (χ1v) is 17.4. The van der Waals surface area contributed by atoms with Crippen molar-refractivity contribution < 1.29 is 4.74 Å². The maximum Gasteiger partial charge on any atom is 0.157 e. The van der Waals surface area contributed by atoms with E-state index < -0.39 is 0 Å². The fraction of sp³-hybridized carbons (Fsp3) is 0.0213. The van der Waals surface area contributed by atoms with Crippen molar-refractivity contribution in [3.63, 3.8) is 0 Å². The molecule has 5 nitrogen and oxygen atoms in total. The van der Waals surface area contributed by atoms with E-state index in [0.717, 1.165) is 77.9 Å². The SMILES string of the molecule is NC(=NC(=NCc1ccccc1)c1cccc(-c2cccc(-n3c4ccccc4c4c5c(ccc43)C=Cc3ccccc3O5)c2)c1)c1ccccc1. The predicted molar refractivity (Wildman–Crippen MR) is 216 cm³/mol. The third kappa shape index (κ3) is 5.84. The third-order valence-electron chi connectivity index (χ3n) is 9.50. The van der Waals surface area contributed by atoms with E-state index in [2.05, 4.69) is 114 Å². The molecule has 0 fully saturated rings. The van der Waals surface area contributed by atoms with Crippen LogP contribution in [0.5, 0.6) is 11.5 Å². The molecule has 0 unspecified atom stereocenters. The highest BCUT2D eigenvalue weighted by molar-refractivity contribution is 6.14. The van der Waals surface area contributed by atoms with Gasteiger partial charge >= 0.3 is 0 Å². The lowest BCUT2D eigenvalue weighted by Crippen LogP contribution is -2.16. The Kier molecular flexibility index (Phi) is 7.99. The van der Waals surface area contributed by atoms with Gasteiger partial charge in [0.15, 0.2) is 5.84 Å². The van der Waals surface area contributed by atoms with Crippen LogP contribution >= 0.6 is 0 Å². The Morgan fingerprint density at radius 3 is 2.13 bits per heavy atom. The highest BCUT2D eigenvalue weighted by Crippen LogP contribution is 2.44. The number of aliphatic imine (C=N–C) groups is 2. The molecule has 248 valence electrons. The third-order valence-corrected chi connectivity index (χ3v) is 9.50. The first-order chi connectivity index (χ1) is 25.7. The lowest BCUT2D eigenvalue weighted by atomic mass is 10.0. The number of benzene rings is 7. The van der Waals surface area contributed by atoms with Crippen LogP contribution in [0, 0.1) is 0 Å². The Balaban J connectivity index is 1.14. The number of hydrogen-bond acceptors (Lipinski definition) is 2. The van der Waals surface area contributed by atoms with E-state index >= 15 is 0 Å². The number of hydrogen-bond donors (Lipinski definition) is 1. The van der Waals surface area contributed by atoms with Crippen LogP contribution in [-0.2, 0) is 6.54 Å². The number of ether oxygens (including phenoxy) is 1. The Labute approximate surface area is 302 Å². The zero-order valence-electron chi connectivity index (χ0n) is 28.4. The quantitative estimate of drug-likeness (QED) is 0.141. The van der Waals surface area contributed by atoms with Crippen LogP contribution in [-0.4, -0.2) is 16.2 Å². The monoisotopic (exact) mass is 670 g/mol. The molecule has 2 N–H and O–H groups in total. The van der Waals surface area contributed by atoms with Gasteiger partial charge in [-0.3, -0.25) is 4.99 Å². The Hall–Kier alpha value is -6.98. The fourth-order valence-corrected chi connectivity index (χ4v) is 6.96. The molecule has 0 spiro atoms. The van der Waals surface area contributed by atoms with Crippen molar-refractivity contribution in [2.45, 2.75) is 6.54 Å². The summed E-state index contributed by atoms with van der Waals surface area (Å²) in [6.07, 6.45) is 4.28. The number of fused-ring (bicyclic) bond motifs is 6. The summed E-state index contributed by atoms with van der Waals surface area (Å²) in [7, 11) is 0. The lowest BCUT2D eigenvalue weighted by molar-refractivity contribution is 0.487. The Morgan fingerprint density at radius 2 is 1.27 bits per heavy atom. The van der Waals surface area contributed by atoms with E-state index in [1.54, 1.807) is 0 Å². The van der Waals surface area contributed by atoms with Gasteiger partial charge in [0, 0.05) is 33.3 Å². The van der Waals surface area contributed by atoms with Gasteiger partial charge in [-0.1, -0.05) is 140 Å². The molecule has 0 amide bonds. The van der Waals surface area contributed by atoms with E-state index in [9.17, 15) is 0 Å². The van der Waals surface area contributed by atoms with Crippen molar-refractivity contribution in [2.75, 3.05) is 0 Å². The van der Waals surface area contributed by atoms with Crippen LogP contribution in [0.15, 0.2) is 180 Å². The summed E-state index contributed by atoms with van der Waals surface area (Å²) in [6, 6.07) is 58.2. The highest BCUT2D eigenvalue weighted by Gasteiger charge is 2.21. The molecule has 0 radical (unpaired) electrons. The largest absolute Gasteiger partial charge is 0.455 e. The molecule has 7 aromatic carbocycles. The average Bonchev–Trinajstić information content (AvgIpc) is 3.42. The minimum atomic E-state index is 0.423. The molecule has 0 saturated carbocycles. The summed E-state index contributed by atoms with van der Waals surface area (Å²) >= 11 is 0. The summed E-state index contributed by atoms with van der Waals surface area (Å²) in [5, 5.41) is 2.23. The normalized spacial score (nSPS) is 12.7. The molecule has 0 atom stereocenters. The maximum absolute atomic E-state index is 6.70. The summed E-state index contributed by atoms with van der Waals surface area (Å²) in [5.74, 6) is 2.73. The van der Waals surface area contributed by atoms with Gasteiger partial charge in [0.2, 0.25) is 0 Å². The molecule has 2 heterocycles. The van der Waals surface area contributed by atoms with Crippen molar-refractivity contribution in [3.05, 3.63) is 198 Å². The van der Waals surface area contributed by atoms with Gasteiger partial charge in [0.05, 0.1) is 23.0 Å². The highest BCUT2D eigenvalue weighted by atomic mass is 16.5. The Bertz CT molecular complexity index is 2690. The molecule has 9 rings (SSSR count). The topological polar surface area (TPSA) is 64.9 Å². The molecular formula is C47H34N4O. The summed E-state index contributed by atoms with van der Waals surface area (Å²) in [4.78, 5) is 9.85. The van der Waals surface area contributed by atoms with Gasteiger partial charge in [-0.25, -0.2) is 4.99 Å². The molecule has 0 bridgehead atoms. The van der Waals surface area contributed by atoms with Crippen molar-refractivity contribution >= 4 is 45.6 Å². The molecule has 52 heavy (non-hydrogen) atoms. The average molecular weight is 671 g/mol. The zero-order valence-corrected chi connectivity index (χ0v) is 28.4. The molecule has 0 saturated heterocycles. The van der Waals surface area contributed by atoms with Gasteiger partial charge < -0.3 is 15.0 Å². The molecule has 0 aliphatic carbocycles. The molecule has 8 aromatic rings. The number of aromatic nitrogens is 1. The molecule has 1 aliphatic rings. The van der Waals surface area contributed by atoms with Gasteiger partial charge in [0.25, 0.3) is 0 Å². The van der Waals surface area contributed by atoms with E-state index in [0.29, 0.717) is 18.2 Å². The second kappa shape index (κ2) is 13.4. The number of nitrogens with zero attached hydrogens (tertiary/aromatic N) is 3. The van der Waals surface area contributed by atoms with E-state index in [1.165, 1.54) is 0 Å². The van der Waals surface area contributed by atoms with E-state index in [4.69, 9.17) is 20.5 Å². The van der Waals surface area contributed by atoms with E-state index in [-0.39, 0.29) is 0 Å². The first kappa shape index (κ1) is 31.0. The zero-order chi connectivity index (χ0) is 34.9. The van der Waals surface area contributed by atoms with Gasteiger partial charge in [-0.15, -0.1) is 0 Å². The fourth-order valence-electron chi connectivity index (χ4n) is 6.96. The van der Waals surface area contributed by atoms with E-state index in [1.807, 2.05) is 72.8 Å². The van der Waals surface area contributed by atoms with Gasteiger partial charge in [-0.2, -0.15) is 0 Å². The van der Waals surface area contributed by atoms with Crippen LogP contribution in [0.3, 0.4) is 0 Å². The molecular weight excluding hydrogens is 637 g/mol. The number of para-hydroxylation sites is 2. The number of amidine groups is 2.